The molecule has 0 aromatic heterocycles. The Morgan fingerprint density at radius 2 is 1.93 bits per heavy atom. The molecule has 0 radical (unpaired) electrons. The zero-order valence-electron chi connectivity index (χ0n) is 7.56. The van der Waals surface area contributed by atoms with E-state index in [9.17, 15) is 18.0 Å². The maximum absolute atomic E-state index is 11.7. The number of alkyl halides is 3. The molecule has 0 unspecified atom stereocenters. The van der Waals surface area contributed by atoms with Crippen LogP contribution < -0.4 is 5.32 Å². The summed E-state index contributed by atoms with van der Waals surface area (Å²) in [4.78, 5) is 11.0. The van der Waals surface area contributed by atoms with Crippen LogP contribution >= 0.6 is 11.8 Å². The van der Waals surface area contributed by atoms with Crippen molar-refractivity contribution >= 4 is 17.7 Å². The summed E-state index contributed by atoms with van der Waals surface area (Å²) < 4.78 is 35.1. The molecule has 1 saturated carbocycles. The summed E-state index contributed by atoms with van der Waals surface area (Å²) in [5.74, 6) is -1.04. The molecule has 82 valence electrons. The van der Waals surface area contributed by atoms with Crippen molar-refractivity contribution in [2.75, 3.05) is 5.75 Å². The third-order valence-corrected chi connectivity index (χ3v) is 2.82. The lowest BCUT2D eigenvalue weighted by molar-refractivity contribution is -0.119. The van der Waals surface area contributed by atoms with E-state index in [4.69, 9.17) is 0 Å². The molecule has 6 heteroatoms. The Labute approximate surface area is 84.6 Å². The molecular formula is C8H12F3NOS. The fraction of sp³-hybridized carbons (Fsp3) is 0.875. The molecule has 1 rings (SSSR count). The highest BCUT2D eigenvalue weighted by atomic mass is 32.2. The molecule has 0 aromatic carbocycles. The smallest absolute Gasteiger partial charge is 0.353 e. The van der Waals surface area contributed by atoms with E-state index >= 15 is 0 Å². The highest BCUT2D eigenvalue weighted by Gasteiger charge is 2.29. The minimum atomic E-state index is -4.31. The molecular weight excluding hydrogens is 215 g/mol. The summed E-state index contributed by atoms with van der Waals surface area (Å²) in [6.07, 6.45) is 3.89. The number of hydrogen-bond acceptors (Lipinski definition) is 2. The Morgan fingerprint density at radius 3 is 2.43 bits per heavy atom. The molecule has 0 heterocycles. The van der Waals surface area contributed by atoms with Crippen LogP contribution in [-0.2, 0) is 4.79 Å². The van der Waals surface area contributed by atoms with Crippen LogP contribution in [0, 0.1) is 0 Å². The van der Waals surface area contributed by atoms with E-state index < -0.39 is 17.2 Å². The molecule has 1 aliphatic rings. The molecule has 0 aromatic rings. The Balaban J connectivity index is 2.15. The minimum Gasteiger partial charge on any atom is -0.353 e. The van der Waals surface area contributed by atoms with Crippen molar-refractivity contribution in [2.24, 2.45) is 0 Å². The number of hydrogen-bond donors (Lipinski definition) is 1. The normalized spacial score (nSPS) is 18.5. The summed E-state index contributed by atoms with van der Waals surface area (Å²) >= 11 is -0.287. The first-order valence-electron chi connectivity index (χ1n) is 4.47. The van der Waals surface area contributed by atoms with Gasteiger partial charge in [-0.25, -0.2) is 0 Å². The van der Waals surface area contributed by atoms with E-state index in [0.717, 1.165) is 25.7 Å². The molecule has 0 bridgehead atoms. The van der Waals surface area contributed by atoms with Gasteiger partial charge in [-0.15, -0.1) is 0 Å². The second-order valence-electron chi connectivity index (χ2n) is 3.28. The molecule has 0 spiro atoms. The highest BCUT2D eigenvalue weighted by Crippen LogP contribution is 2.29. The van der Waals surface area contributed by atoms with Gasteiger partial charge in [0.25, 0.3) is 0 Å². The van der Waals surface area contributed by atoms with Crippen LogP contribution in [0.4, 0.5) is 13.2 Å². The lowest BCUT2D eigenvalue weighted by Crippen LogP contribution is -2.34. The summed E-state index contributed by atoms with van der Waals surface area (Å²) in [7, 11) is 0. The molecule has 14 heavy (non-hydrogen) atoms. The third kappa shape index (κ3) is 4.74. The molecule has 0 saturated heterocycles. The highest BCUT2D eigenvalue weighted by molar-refractivity contribution is 8.00. The maximum atomic E-state index is 11.7. The zero-order valence-corrected chi connectivity index (χ0v) is 8.38. The summed E-state index contributed by atoms with van der Waals surface area (Å²) in [5, 5.41) is 2.59. The van der Waals surface area contributed by atoms with Crippen molar-refractivity contribution < 1.29 is 18.0 Å². The SMILES string of the molecule is O=C(CSC(F)(F)F)NC1CCCC1. The Hall–Kier alpha value is -0.390. The molecule has 1 amide bonds. The van der Waals surface area contributed by atoms with Gasteiger partial charge in [0.15, 0.2) is 0 Å². The van der Waals surface area contributed by atoms with Crippen LogP contribution in [0.1, 0.15) is 25.7 Å². The van der Waals surface area contributed by atoms with Gasteiger partial charge in [-0.3, -0.25) is 4.79 Å². The molecule has 1 N–H and O–H groups in total. The largest absolute Gasteiger partial charge is 0.442 e. The average Bonchev–Trinajstić information content (AvgIpc) is 2.52. The third-order valence-electron chi connectivity index (χ3n) is 2.09. The second-order valence-corrected chi connectivity index (χ2v) is 4.32. The first-order valence-corrected chi connectivity index (χ1v) is 5.46. The van der Waals surface area contributed by atoms with Crippen molar-refractivity contribution in [2.45, 2.75) is 37.2 Å². The van der Waals surface area contributed by atoms with Crippen molar-refractivity contribution in [1.29, 1.82) is 0 Å². The van der Waals surface area contributed by atoms with Crippen LogP contribution in [0.2, 0.25) is 0 Å². The average molecular weight is 227 g/mol. The molecule has 1 fully saturated rings. The molecule has 0 atom stereocenters. The standard InChI is InChI=1S/C8H12F3NOS/c9-8(10,11)14-5-7(13)12-6-3-1-2-4-6/h6H,1-5H2,(H,12,13). The predicted molar refractivity (Wildman–Crippen MR) is 48.9 cm³/mol. The maximum Gasteiger partial charge on any atom is 0.442 e. The van der Waals surface area contributed by atoms with Crippen LogP contribution in [0.5, 0.6) is 0 Å². The zero-order chi connectivity index (χ0) is 10.6. The number of halogens is 3. The van der Waals surface area contributed by atoms with Gasteiger partial charge in [0, 0.05) is 6.04 Å². The number of carbonyl (C=O) groups excluding carboxylic acids is 1. The van der Waals surface area contributed by atoms with Gasteiger partial charge in [-0.1, -0.05) is 12.8 Å². The van der Waals surface area contributed by atoms with Gasteiger partial charge in [0.05, 0.1) is 5.75 Å². The first-order chi connectivity index (χ1) is 6.47. The fourth-order valence-electron chi connectivity index (χ4n) is 1.49. The van der Waals surface area contributed by atoms with Gasteiger partial charge >= 0.3 is 5.51 Å². The number of carbonyl (C=O) groups is 1. The molecule has 0 aliphatic heterocycles. The van der Waals surface area contributed by atoms with E-state index in [1.165, 1.54) is 0 Å². The van der Waals surface area contributed by atoms with E-state index in [-0.39, 0.29) is 17.8 Å². The topological polar surface area (TPSA) is 29.1 Å². The summed E-state index contributed by atoms with van der Waals surface area (Å²) in [6, 6.07) is 0.0938. The van der Waals surface area contributed by atoms with Crippen LogP contribution in [-0.4, -0.2) is 23.2 Å². The lowest BCUT2D eigenvalue weighted by Gasteiger charge is -2.12. The van der Waals surface area contributed by atoms with E-state index in [1.54, 1.807) is 0 Å². The second kappa shape index (κ2) is 4.91. The predicted octanol–water partition coefficient (Wildman–Crippen LogP) is 2.30. The molecule has 1 aliphatic carbocycles. The summed E-state index contributed by atoms with van der Waals surface area (Å²) in [6.45, 7) is 0. The van der Waals surface area contributed by atoms with Gasteiger partial charge in [-0.05, 0) is 24.6 Å². The Morgan fingerprint density at radius 1 is 1.36 bits per heavy atom. The number of rotatable bonds is 3. The Bertz CT molecular complexity index is 201. The first kappa shape index (κ1) is 11.7. The van der Waals surface area contributed by atoms with Gasteiger partial charge < -0.3 is 5.32 Å². The van der Waals surface area contributed by atoms with Gasteiger partial charge in [0.2, 0.25) is 5.91 Å². The van der Waals surface area contributed by atoms with E-state index in [1.807, 2.05) is 0 Å². The van der Waals surface area contributed by atoms with Gasteiger partial charge in [-0.2, -0.15) is 13.2 Å². The van der Waals surface area contributed by atoms with Gasteiger partial charge in [0.1, 0.15) is 0 Å². The van der Waals surface area contributed by atoms with Crippen LogP contribution in [0.3, 0.4) is 0 Å². The molecule has 2 nitrogen and oxygen atoms in total. The number of nitrogens with one attached hydrogen (secondary N) is 1. The number of thioether (sulfide) groups is 1. The van der Waals surface area contributed by atoms with E-state index in [0.29, 0.717) is 0 Å². The monoisotopic (exact) mass is 227 g/mol. The lowest BCUT2D eigenvalue weighted by atomic mass is 10.2. The van der Waals surface area contributed by atoms with Crippen molar-refractivity contribution in [3.63, 3.8) is 0 Å². The van der Waals surface area contributed by atoms with Crippen molar-refractivity contribution in [3.05, 3.63) is 0 Å². The number of amides is 1. The van der Waals surface area contributed by atoms with Crippen molar-refractivity contribution in [3.8, 4) is 0 Å². The minimum absolute atomic E-state index is 0.0938. The summed E-state index contributed by atoms with van der Waals surface area (Å²) in [5.41, 5.74) is -4.31. The quantitative estimate of drug-likeness (QED) is 0.801. The van der Waals surface area contributed by atoms with Crippen molar-refractivity contribution in [1.82, 2.24) is 5.32 Å². The fourth-order valence-corrected chi connectivity index (χ4v) is 1.86. The Kier molecular flexibility index (Phi) is 4.10. The van der Waals surface area contributed by atoms with Crippen LogP contribution in [0.25, 0.3) is 0 Å². The van der Waals surface area contributed by atoms with Crippen LogP contribution in [0.15, 0.2) is 0 Å². The van der Waals surface area contributed by atoms with E-state index in [2.05, 4.69) is 5.32 Å².